The van der Waals surface area contributed by atoms with Gasteiger partial charge in [0.05, 0.1) is 18.8 Å². The summed E-state index contributed by atoms with van der Waals surface area (Å²) in [6.45, 7) is 4.03. The summed E-state index contributed by atoms with van der Waals surface area (Å²) in [7, 11) is 0. The Hall–Kier alpha value is -0.610. The van der Waals surface area contributed by atoms with Gasteiger partial charge in [-0.25, -0.2) is 0 Å². The maximum atomic E-state index is 9.12. The summed E-state index contributed by atoms with van der Waals surface area (Å²) in [6, 6.07) is 5.83. The largest absolute Gasteiger partial charge is 0.394 e. The molecule has 0 atom stereocenters. The highest BCUT2D eigenvalue weighted by Gasteiger charge is 2.21. The number of benzene rings is 1. The molecule has 4 heteroatoms. The van der Waals surface area contributed by atoms with Crippen LogP contribution in [0, 0.1) is 6.92 Å². The fraction of sp³-hybridized carbons (Fsp3) is 0.500. The zero-order valence-electron chi connectivity index (χ0n) is 9.63. The first-order chi connectivity index (χ1) is 7.50. The zero-order valence-corrected chi connectivity index (χ0v) is 10.4. The predicted molar refractivity (Wildman–Crippen MR) is 65.6 cm³/mol. The van der Waals surface area contributed by atoms with Crippen LogP contribution in [0.5, 0.6) is 0 Å². The van der Waals surface area contributed by atoms with Crippen molar-refractivity contribution in [2.24, 2.45) is 0 Å². The highest BCUT2D eigenvalue weighted by atomic mass is 35.5. The molecule has 0 radical (unpaired) electrons. The smallest absolute Gasteiger partial charge is 0.0633 e. The van der Waals surface area contributed by atoms with E-state index in [0.29, 0.717) is 11.6 Å². The van der Waals surface area contributed by atoms with Crippen LogP contribution < -0.4 is 5.32 Å². The summed E-state index contributed by atoms with van der Waals surface area (Å²) in [4.78, 5) is 0. The van der Waals surface area contributed by atoms with Crippen molar-refractivity contribution in [1.29, 1.82) is 0 Å². The Morgan fingerprint density at radius 2 is 1.94 bits per heavy atom. The summed E-state index contributed by atoms with van der Waals surface area (Å²) < 4.78 is 0. The van der Waals surface area contributed by atoms with Crippen LogP contribution in [0.3, 0.4) is 0 Å². The standard InChI is InChI=1S/C12H18ClNO2/c1-9-3-4-10(11(13)5-9)6-14-12(2,7-15)8-16/h3-5,14-16H,6-8H2,1-2H3. The minimum atomic E-state index is -0.672. The molecule has 0 aliphatic rings. The molecule has 1 rings (SSSR count). The third-order valence-corrected chi connectivity index (χ3v) is 2.96. The molecular weight excluding hydrogens is 226 g/mol. The van der Waals surface area contributed by atoms with E-state index in [1.807, 2.05) is 25.1 Å². The Morgan fingerprint density at radius 1 is 1.31 bits per heavy atom. The molecule has 90 valence electrons. The van der Waals surface area contributed by atoms with Crippen molar-refractivity contribution in [2.45, 2.75) is 25.9 Å². The summed E-state index contributed by atoms with van der Waals surface area (Å²) >= 11 is 6.08. The molecule has 16 heavy (non-hydrogen) atoms. The van der Waals surface area contributed by atoms with E-state index in [4.69, 9.17) is 21.8 Å². The Balaban J connectivity index is 2.67. The van der Waals surface area contributed by atoms with Gasteiger partial charge in [-0.3, -0.25) is 0 Å². The molecule has 0 spiro atoms. The minimum Gasteiger partial charge on any atom is -0.394 e. The molecular formula is C12H18ClNO2. The van der Waals surface area contributed by atoms with Crippen LogP contribution in [-0.2, 0) is 6.54 Å². The molecule has 1 aromatic carbocycles. The second-order valence-corrected chi connectivity index (χ2v) is 4.73. The number of aliphatic hydroxyl groups is 2. The van der Waals surface area contributed by atoms with E-state index in [-0.39, 0.29) is 13.2 Å². The van der Waals surface area contributed by atoms with Crippen molar-refractivity contribution >= 4 is 11.6 Å². The van der Waals surface area contributed by atoms with Gasteiger partial charge in [0.2, 0.25) is 0 Å². The van der Waals surface area contributed by atoms with Gasteiger partial charge >= 0.3 is 0 Å². The van der Waals surface area contributed by atoms with Crippen LogP contribution in [0.15, 0.2) is 18.2 Å². The second kappa shape index (κ2) is 5.64. The van der Waals surface area contributed by atoms with Gasteiger partial charge < -0.3 is 15.5 Å². The molecule has 0 unspecified atom stereocenters. The van der Waals surface area contributed by atoms with E-state index < -0.39 is 5.54 Å². The molecule has 0 aliphatic carbocycles. The Labute approximate surface area is 101 Å². The lowest BCUT2D eigenvalue weighted by Gasteiger charge is -2.26. The normalized spacial score (nSPS) is 11.8. The summed E-state index contributed by atoms with van der Waals surface area (Å²) in [6.07, 6.45) is 0. The number of aryl methyl sites for hydroxylation is 1. The maximum absolute atomic E-state index is 9.12. The molecule has 0 heterocycles. The first kappa shape index (κ1) is 13.5. The van der Waals surface area contributed by atoms with E-state index in [2.05, 4.69) is 5.32 Å². The van der Waals surface area contributed by atoms with E-state index in [1.165, 1.54) is 0 Å². The molecule has 3 nitrogen and oxygen atoms in total. The average Bonchev–Trinajstić information content (AvgIpc) is 2.27. The van der Waals surface area contributed by atoms with Crippen LogP contribution in [0.1, 0.15) is 18.1 Å². The maximum Gasteiger partial charge on any atom is 0.0633 e. The molecule has 3 N–H and O–H groups in total. The van der Waals surface area contributed by atoms with Crippen molar-refractivity contribution < 1.29 is 10.2 Å². The Morgan fingerprint density at radius 3 is 2.44 bits per heavy atom. The van der Waals surface area contributed by atoms with Crippen molar-refractivity contribution in [2.75, 3.05) is 13.2 Å². The highest BCUT2D eigenvalue weighted by molar-refractivity contribution is 6.31. The van der Waals surface area contributed by atoms with Crippen LogP contribution in [0.2, 0.25) is 5.02 Å². The first-order valence-corrected chi connectivity index (χ1v) is 5.60. The van der Waals surface area contributed by atoms with Gasteiger partial charge in [-0.05, 0) is 31.0 Å². The highest BCUT2D eigenvalue weighted by Crippen LogP contribution is 2.18. The van der Waals surface area contributed by atoms with Crippen molar-refractivity contribution in [3.05, 3.63) is 34.3 Å². The summed E-state index contributed by atoms with van der Waals surface area (Å²) in [5, 5.41) is 22.0. The quantitative estimate of drug-likeness (QED) is 0.734. The number of rotatable bonds is 5. The molecule has 0 aromatic heterocycles. The van der Waals surface area contributed by atoms with E-state index in [0.717, 1.165) is 11.1 Å². The number of hydrogen-bond acceptors (Lipinski definition) is 3. The van der Waals surface area contributed by atoms with Crippen LogP contribution >= 0.6 is 11.6 Å². The number of halogens is 1. The van der Waals surface area contributed by atoms with Gasteiger partial charge in [-0.1, -0.05) is 23.7 Å². The fourth-order valence-corrected chi connectivity index (χ4v) is 1.57. The lowest BCUT2D eigenvalue weighted by atomic mass is 10.0. The van der Waals surface area contributed by atoms with Crippen LogP contribution in [0.4, 0.5) is 0 Å². The molecule has 0 bridgehead atoms. The monoisotopic (exact) mass is 243 g/mol. The van der Waals surface area contributed by atoms with Gasteiger partial charge in [-0.2, -0.15) is 0 Å². The van der Waals surface area contributed by atoms with E-state index in [1.54, 1.807) is 6.92 Å². The summed E-state index contributed by atoms with van der Waals surface area (Å²) in [5.41, 5.74) is 1.40. The lowest BCUT2D eigenvalue weighted by molar-refractivity contribution is 0.103. The Bertz CT molecular complexity index is 351. The molecule has 0 aliphatic heterocycles. The van der Waals surface area contributed by atoms with Crippen LogP contribution in [0.25, 0.3) is 0 Å². The lowest BCUT2D eigenvalue weighted by Crippen LogP contribution is -2.48. The molecule has 0 saturated heterocycles. The van der Waals surface area contributed by atoms with Gasteiger partial charge in [0.25, 0.3) is 0 Å². The zero-order chi connectivity index (χ0) is 12.2. The first-order valence-electron chi connectivity index (χ1n) is 5.22. The third-order valence-electron chi connectivity index (χ3n) is 2.61. The average molecular weight is 244 g/mol. The van der Waals surface area contributed by atoms with E-state index >= 15 is 0 Å². The molecule has 0 amide bonds. The molecule has 1 aromatic rings. The minimum absolute atomic E-state index is 0.118. The SMILES string of the molecule is Cc1ccc(CNC(C)(CO)CO)c(Cl)c1. The third kappa shape index (κ3) is 3.46. The number of aliphatic hydroxyl groups excluding tert-OH is 2. The van der Waals surface area contributed by atoms with Crippen molar-refractivity contribution in [3.63, 3.8) is 0 Å². The summed E-state index contributed by atoms with van der Waals surface area (Å²) in [5.74, 6) is 0. The molecule has 0 fully saturated rings. The second-order valence-electron chi connectivity index (χ2n) is 4.33. The predicted octanol–water partition coefficient (Wildman–Crippen LogP) is 1.48. The van der Waals surface area contributed by atoms with Gasteiger partial charge in [0, 0.05) is 11.6 Å². The topological polar surface area (TPSA) is 52.5 Å². The van der Waals surface area contributed by atoms with Gasteiger partial charge in [-0.15, -0.1) is 0 Å². The van der Waals surface area contributed by atoms with Gasteiger partial charge in [0.1, 0.15) is 0 Å². The van der Waals surface area contributed by atoms with Crippen molar-refractivity contribution in [1.82, 2.24) is 5.32 Å². The number of hydrogen-bond donors (Lipinski definition) is 3. The van der Waals surface area contributed by atoms with E-state index in [9.17, 15) is 0 Å². The molecule has 0 saturated carbocycles. The van der Waals surface area contributed by atoms with Crippen LogP contribution in [-0.4, -0.2) is 29.0 Å². The fourth-order valence-electron chi connectivity index (χ4n) is 1.27. The van der Waals surface area contributed by atoms with Crippen molar-refractivity contribution in [3.8, 4) is 0 Å². The van der Waals surface area contributed by atoms with Gasteiger partial charge in [0.15, 0.2) is 0 Å². The number of nitrogens with one attached hydrogen (secondary N) is 1. The Kier molecular flexibility index (Phi) is 4.74.